The van der Waals surface area contributed by atoms with Gasteiger partial charge in [-0.3, -0.25) is 4.98 Å². The Morgan fingerprint density at radius 2 is 1.83 bits per heavy atom. The highest BCUT2D eigenvalue weighted by molar-refractivity contribution is 6.07. The van der Waals surface area contributed by atoms with Crippen LogP contribution < -0.4 is 0 Å². The first-order valence-corrected chi connectivity index (χ1v) is 6.72. The van der Waals surface area contributed by atoms with Crippen LogP contribution >= 0.6 is 0 Å². The van der Waals surface area contributed by atoms with Crippen LogP contribution in [-0.2, 0) is 6.54 Å². The van der Waals surface area contributed by atoms with E-state index in [9.17, 15) is 0 Å². The van der Waals surface area contributed by atoms with E-state index in [1.807, 2.05) is 12.4 Å². The monoisotopic (exact) mass is 238 g/mol. The lowest BCUT2D eigenvalue weighted by atomic mass is 10.2. The lowest BCUT2D eigenvalue weighted by molar-refractivity contribution is 0.627. The van der Waals surface area contributed by atoms with E-state index in [-0.39, 0.29) is 0 Å². The Bertz CT molecular complexity index is 614. The van der Waals surface area contributed by atoms with Crippen molar-refractivity contribution >= 4 is 21.8 Å². The van der Waals surface area contributed by atoms with Crippen LogP contribution in [0.25, 0.3) is 21.8 Å². The summed E-state index contributed by atoms with van der Waals surface area (Å²) >= 11 is 0. The maximum absolute atomic E-state index is 4.28. The fraction of sp³-hybridized carbons (Fsp3) is 0.312. The molecule has 0 radical (unpaired) electrons. The van der Waals surface area contributed by atoms with Crippen LogP contribution in [0, 0.1) is 0 Å². The summed E-state index contributed by atoms with van der Waals surface area (Å²) in [4.78, 5) is 4.28. The minimum atomic E-state index is 1.09. The summed E-state index contributed by atoms with van der Waals surface area (Å²) in [5.41, 5.74) is 2.59. The topological polar surface area (TPSA) is 17.8 Å². The van der Waals surface area contributed by atoms with Crippen molar-refractivity contribution < 1.29 is 0 Å². The predicted octanol–water partition coefficient (Wildman–Crippen LogP) is 4.38. The van der Waals surface area contributed by atoms with Crippen molar-refractivity contribution in [1.82, 2.24) is 9.55 Å². The fourth-order valence-electron chi connectivity index (χ4n) is 2.66. The first-order valence-electron chi connectivity index (χ1n) is 6.72. The van der Waals surface area contributed by atoms with Gasteiger partial charge in [0.2, 0.25) is 0 Å². The van der Waals surface area contributed by atoms with Gasteiger partial charge in [-0.2, -0.15) is 0 Å². The second kappa shape index (κ2) is 4.81. The third-order valence-electron chi connectivity index (χ3n) is 3.56. The highest BCUT2D eigenvalue weighted by Crippen LogP contribution is 2.28. The lowest BCUT2D eigenvalue weighted by Gasteiger charge is -2.06. The predicted molar refractivity (Wildman–Crippen MR) is 76.8 cm³/mol. The zero-order valence-corrected chi connectivity index (χ0v) is 10.8. The maximum Gasteiger partial charge on any atom is 0.0677 e. The Kier molecular flexibility index (Phi) is 3.01. The number of rotatable bonds is 4. The number of aryl methyl sites for hydroxylation is 1. The molecular weight excluding hydrogens is 220 g/mol. The number of para-hydroxylation sites is 1. The quantitative estimate of drug-likeness (QED) is 0.617. The molecule has 0 amide bonds. The third-order valence-corrected chi connectivity index (χ3v) is 3.56. The number of aromatic nitrogens is 2. The van der Waals surface area contributed by atoms with Crippen LogP contribution in [0.5, 0.6) is 0 Å². The number of benzene rings is 1. The largest absolute Gasteiger partial charge is 0.339 e. The van der Waals surface area contributed by atoms with Crippen molar-refractivity contribution in [3.05, 3.63) is 42.7 Å². The zero-order chi connectivity index (χ0) is 12.4. The molecule has 18 heavy (non-hydrogen) atoms. The van der Waals surface area contributed by atoms with Gasteiger partial charge in [-0.05, 0) is 18.6 Å². The van der Waals surface area contributed by atoms with Gasteiger partial charge < -0.3 is 4.57 Å². The van der Waals surface area contributed by atoms with Crippen molar-refractivity contribution in [2.24, 2.45) is 0 Å². The molecule has 2 aromatic heterocycles. The van der Waals surface area contributed by atoms with E-state index in [4.69, 9.17) is 0 Å². The minimum absolute atomic E-state index is 1.09. The van der Waals surface area contributed by atoms with E-state index in [2.05, 4.69) is 46.8 Å². The van der Waals surface area contributed by atoms with E-state index in [0.717, 1.165) is 6.54 Å². The molecule has 0 aliphatic carbocycles. The Labute approximate surface area is 107 Å². The number of hydrogen-bond acceptors (Lipinski definition) is 1. The van der Waals surface area contributed by atoms with Gasteiger partial charge in [0.15, 0.2) is 0 Å². The Balaban J connectivity index is 2.18. The summed E-state index contributed by atoms with van der Waals surface area (Å²) in [6.45, 7) is 3.33. The molecule has 3 aromatic rings. The molecule has 92 valence electrons. The summed E-state index contributed by atoms with van der Waals surface area (Å²) < 4.78 is 2.41. The van der Waals surface area contributed by atoms with Gasteiger partial charge in [0, 0.05) is 29.0 Å². The Morgan fingerprint density at radius 1 is 1.00 bits per heavy atom. The summed E-state index contributed by atoms with van der Waals surface area (Å²) in [6.07, 6.45) is 7.65. The zero-order valence-electron chi connectivity index (χ0n) is 10.8. The summed E-state index contributed by atoms with van der Waals surface area (Å²) in [5, 5.41) is 2.66. The van der Waals surface area contributed by atoms with Crippen LogP contribution in [0.4, 0.5) is 0 Å². The Morgan fingerprint density at radius 3 is 2.72 bits per heavy atom. The van der Waals surface area contributed by atoms with Gasteiger partial charge in [-0.25, -0.2) is 0 Å². The highest BCUT2D eigenvalue weighted by Gasteiger charge is 2.08. The molecule has 0 saturated heterocycles. The maximum atomic E-state index is 4.28. The molecule has 2 heteroatoms. The molecule has 0 spiro atoms. The van der Waals surface area contributed by atoms with Crippen LogP contribution in [-0.4, -0.2) is 9.55 Å². The molecule has 0 fully saturated rings. The van der Waals surface area contributed by atoms with Gasteiger partial charge in [-0.1, -0.05) is 38.0 Å². The van der Waals surface area contributed by atoms with E-state index in [0.29, 0.717) is 0 Å². The normalized spacial score (nSPS) is 11.4. The van der Waals surface area contributed by atoms with E-state index < -0.39 is 0 Å². The first-order chi connectivity index (χ1) is 8.92. The number of fused-ring (bicyclic) bond motifs is 3. The van der Waals surface area contributed by atoms with Gasteiger partial charge in [-0.15, -0.1) is 0 Å². The van der Waals surface area contributed by atoms with Crippen LogP contribution in [0.1, 0.15) is 26.2 Å². The van der Waals surface area contributed by atoms with Crippen LogP contribution in [0.2, 0.25) is 0 Å². The average Bonchev–Trinajstić information content (AvgIpc) is 2.74. The van der Waals surface area contributed by atoms with Crippen molar-refractivity contribution in [3.63, 3.8) is 0 Å². The van der Waals surface area contributed by atoms with Crippen molar-refractivity contribution in [1.29, 1.82) is 0 Å². The van der Waals surface area contributed by atoms with Crippen LogP contribution in [0.3, 0.4) is 0 Å². The van der Waals surface area contributed by atoms with Crippen molar-refractivity contribution in [2.45, 2.75) is 32.7 Å². The van der Waals surface area contributed by atoms with Crippen LogP contribution in [0.15, 0.2) is 42.7 Å². The summed E-state index contributed by atoms with van der Waals surface area (Å²) in [6, 6.07) is 10.8. The third kappa shape index (κ3) is 1.78. The number of unbranched alkanes of at least 4 members (excludes halogenated alkanes) is 2. The smallest absolute Gasteiger partial charge is 0.0677 e. The molecule has 0 unspecified atom stereocenters. The average molecular weight is 238 g/mol. The first kappa shape index (κ1) is 11.3. The van der Waals surface area contributed by atoms with E-state index in [1.54, 1.807) is 0 Å². The van der Waals surface area contributed by atoms with E-state index in [1.165, 1.54) is 41.1 Å². The van der Waals surface area contributed by atoms with Crippen molar-refractivity contribution in [3.8, 4) is 0 Å². The van der Waals surface area contributed by atoms with Gasteiger partial charge in [0.25, 0.3) is 0 Å². The van der Waals surface area contributed by atoms with Gasteiger partial charge in [0.05, 0.1) is 11.7 Å². The standard InChI is InChI=1S/C16H18N2/c1-2-3-6-11-18-15-8-5-4-7-13(15)14-9-10-17-12-16(14)18/h4-5,7-10,12H,2-3,6,11H2,1H3. The summed E-state index contributed by atoms with van der Waals surface area (Å²) in [7, 11) is 0. The number of hydrogen-bond donors (Lipinski definition) is 0. The molecule has 0 aliphatic heterocycles. The molecule has 3 rings (SSSR count). The Hall–Kier alpha value is -1.83. The SMILES string of the molecule is CCCCCn1c2ccccc2c2ccncc21. The molecule has 0 aliphatic rings. The molecule has 0 N–H and O–H groups in total. The minimum Gasteiger partial charge on any atom is -0.339 e. The molecule has 1 aromatic carbocycles. The molecule has 2 heterocycles. The van der Waals surface area contributed by atoms with Gasteiger partial charge >= 0.3 is 0 Å². The molecule has 0 atom stereocenters. The molecule has 0 bridgehead atoms. The fourth-order valence-corrected chi connectivity index (χ4v) is 2.66. The summed E-state index contributed by atoms with van der Waals surface area (Å²) in [5.74, 6) is 0. The second-order valence-electron chi connectivity index (χ2n) is 4.77. The second-order valence-corrected chi connectivity index (χ2v) is 4.77. The van der Waals surface area contributed by atoms with E-state index >= 15 is 0 Å². The number of pyridine rings is 1. The van der Waals surface area contributed by atoms with Crippen molar-refractivity contribution in [2.75, 3.05) is 0 Å². The molecule has 2 nitrogen and oxygen atoms in total. The lowest BCUT2D eigenvalue weighted by Crippen LogP contribution is -1.97. The highest BCUT2D eigenvalue weighted by atomic mass is 15.0. The number of nitrogens with zero attached hydrogens (tertiary/aromatic N) is 2. The molecule has 0 saturated carbocycles. The van der Waals surface area contributed by atoms with Gasteiger partial charge in [0.1, 0.15) is 0 Å². The molecular formula is C16H18N2.